The first-order chi connectivity index (χ1) is 29.6. The average Bonchev–Trinajstić information content (AvgIpc) is 4.02. The van der Waals surface area contributed by atoms with E-state index in [2.05, 4.69) is 167 Å². The SMILES string of the molecule is Cc1cc2c3c(c1)N(c1c(C)cc(C(C)(C)C)cc1C)c1c(ccc4c1OCO4)B3c1ccc(-c3cc4ccccc4o3)cc1N2c1cccc(-c2cc3ccccc3o2)c1. The molecule has 0 aliphatic carbocycles. The second-order valence-corrected chi connectivity index (χ2v) is 17.9. The fourth-order valence-corrected chi connectivity index (χ4v) is 10.0. The third kappa shape index (κ3) is 5.42. The van der Waals surface area contributed by atoms with E-state index in [1.807, 2.05) is 24.3 Å². The van der Waals surface area contributed by atoms with Crippen LogP contribution in [0.4, 0.5) is 34.1 Å². The average molecular weight is 795 g/mol. The van der Waals surface area contributed by atoms with Crippen LogP contribution in [0.1, 0.15) is 43.0 Å². The molecule has 0 N–H and O–H groups in total. The summed E-state index contributed by atoms with van der Waals surface area (Å²) in [6.07, 6.45) is 0. The van der Waals surface area contributed by atoms with E-state index in [-0.39, 0.29) is 18.9 Å². The summed E-state index contributed by atoms with van der Waals surface area (Å²) in [6.45, 7) is 13.6. The summed E-state index contributed by atoms with van der Waals surface area (Å²) in [4.78, 5) is 4.92. The summed E-state index contributed by atoms with van der Waals surface area (Å²) in [5.41, 5.74) is 18.9. The zero-order valence-electron chi connectivity index (χ0n) is 35.1. The molecule has 296 valence electrons. The number of furan rings is 2. The van der Waals surface area contributed by atoms with Gasteiger partial charge in [0.05, 0.1) is 11.4 Å². The van der Waals surface area contributed by atoms with E-state index in [0.29, 0.717) is 0 Å². The zero-order chi connectivity index (χ0) is 41.3. The van der Waals surface area contributed by atoms with Gasteiger partial charge in [0.15, 0.2) is 11.5 Å². The second-order valence-electron chi connectivity index (χ2n) is 17.9. The van der Waals surface area contributed by atoms with Gasteiger partial charge < -0.3 is 28.1 Å². The van der Waals surface area contributed by atoms with E-state index in [4.69, 9.17) is 18.3 Å². The summed E-state index contributed by atoms with van der Waals surface area (Å²) >= 11 is 0. The van der Waals surface area contributed by atoms with Gasteiger partial charge in [-0.3, -0.25) is 0 Å². The molecule has 0 fully saturated rings. The fourth-order valence-electron chi connectivity index (χ4n) is 10.0. The molecule has 0 atom stereocenters. The number of para-hydroxylation sites is 2. The number of nitrogens with zero attached hydrogens (tertiary/aromatic N) is 2. The summed E-state index contributed by atoms with van der Waals surface area (Å²) < 4.78 is 25.5. The predicted octanol–water partition coefficient (Wildman–Crippen LogP) is 12.5. The van der Waals surface area contributed by atoms with Crippen molar-refractivity contribution in [2.75, 3.05) is 16.6 Å². The number of benzene rings is 7. The van der Waals surface area contributed by atoms with Gasteiger partial charge in [-0.2, -0.15) is 0 Å². The summed E-state index contributed by atoms with van der Waals surface area (Å²) in [7, 11) is 0. The maximum atomic E-state index is 6.52. The normalized spacial score (nSPS) is 13.8. The Labute approximate surface area is 355 Å². The lowest BCUT2D eigenvalue weighted by Gasteiger charge is -2.45. The number of aryl methyl sites for hydroxylation is 3. The van der Waals surface area contributed by atoms with E-state index in [1.54, 1.807) is 0 Å². The van der Waals surface area contributed by atoms with E-state index in [1.165, 1.54) is 33.1 Å². The Morgan fingerprint density at radius 3 is 1.85 bits per heavy atom. The summed E-state index contributed by atoms with van der Waals surface area (Å²) in [5.74, 6) is 3.22. The van der Waals surface area contributed by atoms with Crippen LogP contribution in [0.3, 0.4) is 0 Å². The third-order valence-corrected chi connectivity index (χ3v) is 12.8. The fraction of sp³-hybridized carbons (Fsp3) is 0.148. The van der Waals surface area contributed by atoms with Gasteiger partial charge in [0.2, 0.25) is 6.79 Å². The van der Waals surface area contributed by atoms with E-state index in [0.717, 1.165) is 95.8 Å². The van der Waals surface area contributed by atoms with Crippen LogP contribution in [-0.2, 0) is 5.41 Å². The second kappa shape index (κ2) is 12.9. The summed E-state index contributed by atoms with van der Waals surface area (Å²) in [6, 6.07) is 50.1. The van der Waals surface area contributed by atoms with Gasteiger partial charge in [-0.15, -0.1) is 0 Å². The standard InChI is InChI=1S/C54H43BN2O4/c1-31-22-43-50-44(23-31)57(51-32(2)24-38(25-33(51)3)54(4,5)6)52-41(20-21-47-53(52)59-30-58-47)55(50)40-19-18-37(49-29-36-13-8-10-17-46(36)61-49)27-42(40)56(43)39-15-11-14-34(26-39)48-28-35-12-7-9-16-45(35)60-48/h7-29H,30H2,1-6H3. The molecule has 0 saturated heterocycles. The Bertz CT molecular complexity index is 3210. The molecular formula is C54H43BN2O4. The van der Waals surface area contributed by atoms with Gasteiger partial charge in [-0.1, -0.05) is 99.6 Å². The van der Waals surface area contributed by atoms with Gasteiger partial charge in [-0.25, -0.2) is 0 Å². The first-order valence-corrected chi connectivity index (χ1v) is 21.1. The van der Waals surface area contributed by atoms with Crippen LogP contribution in [0.5, 0.6) is 11.5 Å². The maximum Gasteiger partial charge on any atom is 0.252 e. The minimum Gasteiger partial charge on any atom is -0.456 e. The highest BCUT2D eigenvalue weighted by molar-refractivity contribution is 7.00. The molecule has 0 unspecified atom stereocenters. The minimum absolute atomic E-state index is 0.00198. The van der Waals surface area contributed by atoms with Gasteiger partial charge in [-0.05, 0) is 125 Å². The molecule has 0 bridgehead atoms. The van der Waals surface area contributed by atoms with Crippen molar-refractivity contribution in [3.05, 3.63) is 162 Å². The molecule has 3 aliphatic rings. The van der Waals surface area contributed by atoms with Crippen molar-refractivity contribution < 1.29 is 18.3 Å². The van der Waals surface area contributed by atoms with Crippen LogP contribution in [0.2, 0.25) is 0 Å². The third-order valence-electron chi connectivity index (χ3n) is 12.8. The van der Waals surface area contributed by atoms with Crippen molar-refractivity contribution in [2.45, 2.75) is 47.0 Å². The molecule has 6 nitrogen and oxygen atoms in total. The van der Waals surface area contributed by atoms with Crippen molar-refractivity contribution in [3.8, 4) is 34.1 Å². The number of ether oxygens (including phenoxy) is 2. The van der Waals surface area contributed by atoms with Crippen LogP contribution < -0.4 is 35.7 Å². The molecule has 3 aliphatic heterocycles. The molecule has 0 amide bonds. The van der Waals surface area contributed by atoms with Gasteiger partial charge in [0, 0.05) is 44.6 Å². The van der Waals surface area contributed by atoms with Crippen molar-refractivity contribution in [1.29, 1.82) is 0 Å². The lowest BCUT2D eigenvalue weighted by Crippen LogP contribution is -2.61. The van der Waals surface area contributed by atoms with Crippen molar-refractivity contribution in [3.63, 3.8) is 0 Å². The Balaban J connectivity index is 1.14. The number of anilines is 6. The Kier molecular flexibility index (Phi) is 7.59. The molecule has 7 aromatic carbocycles. The summed E-state index contributed by atoms with van der Waals surface area (Å²) in [5, 5.41) is 2.16. The number of hydrogen-bond donors (Lipinski definition) is 0. The molecule has 2 aromatic heterocycles. The molecular weight excluding hydrogens is 751 g/mol. The number of rotatable bonds is 4. The molecule has 61 heavy (non-hydrogen) atoms. The Hall–Kier alpha value is -7.12. The lowest BCUT2D eigenvalue weighted by molar-refractivity contribution is 0.174. The molecule has 9 aromatic rings. The van der Waals surface area contributed by atoms with Crippen LogP contribution in [-0.4, -0.2) is 13.5 Å². The topological polar surface area (TPSA) is 51.2 Å². The van der Waals surface area contributed by atoms with Crippen LogP contribution >= 0.6 is 0 Å². The Morgan fingerprint density at radius 1 is 0.541 bits per heavy atom. The van der Waals surface area contributed by atoms with Crippen molar-refractivity contribution in [2.24, 2.45) is 0 Å². The first kappa shape index (κ1) is 35.8. The Morgan fingerprint density at radius 2 is 1.18 bits per heavy atom. The van der Waals surface area contributed by atoms with E-state index < -0.39 is 0 Å². The highest BCUT2D eigenvalue weighted by Gasteiger charge is 2.46. The quantitative estimate of drug-likeness (QED) is 0.165. The highest BCUT2D eigenvalue weighted by Crippen LogP contribution is 2.52. The molecule has 0 saturated carbocycles. The minimum atomic E-state index is -0.102. The van der Waals surface area contributed by atoms with Crippen LogP contribution in [0.15, 0.2) is 148 Å². The number of fused-ring (bicyclic) bond motifs is 8. The monoisotopic (exact) mass is 794 g/mol. The molecule has 0 spiro atoms. The zero-order valence-corrected chi connectivity index (χ0v) is 35.1. The lowest BCUT2D eigenvalue weighted by atomic mass is 9.33. The molecule has 5 heterocycles. The smallest absolute Gasteiger partial charge is 0.252 e. The van der Waals surface area contributed by atoms with Gasteiger partial charge >= 0.3 is 0 Å². The molecule has 12 rings (SSSR count). The molecule has 7 heteroatoms. The van der Waals surface area contributed by atoms with Gasteiger partial charge in [0.1, 0.15) is 22.7 Å². The first-order valence-electron chi connectivity index (χ1n) is 21.1. The van der Waals surface area contributed by atoms with E-state index in [9.17, 15) is 0 Å². The van der Waals surface area contributed by atoms with Crippen molar-refractivity contribution in [1.82, 2.24) is 0 Å². The van der Waals surface area contributed by atoms with Gasteiger partial charge in [0.25, 0.3) is 6.71 Å². The maximum absolute atomic E-state index is 6.52. The highest BCUT2D eigenvalue weighted by atomic mass is 16.7. The number of hydrogen-bond acceptors (Lipinski definition) is 6. The van der Waals surface area contributed by atoms with E-state index >= 15 is 0 Å². The van der Waals surface area contributed by atoms with Crippen LogP contribution in [0.25, 0.3) is 44.6 Å². The van der Waals surface area contributed by atoms with Crippen molar-refractivity contribution >= 4 is 79.2 Å². The largest absolute Gasteiger partial charge is 0.456 e. The van der Waals surface area contributed by atoms with Crippen LogP contribution in [0, 0.1) is 20.8 Å². The molecule has 0 radical (unpaired) electrons. The predicted molar refractivity (Wildman–Crippen MR) is 250 cm³/mol.